The minimum Gasteiger partial charge on any atom is -0.462 e. The lowest BCUT2D eigenvalue weighted by Crippen LogP contribution is -2.22. The second-order valence-electron chi connectivity index (χ2n) is 9.26. The smallest absolute Gasteiger partial charge is 0.334 e. The first-order valence-electron chi connectivity index (χ1n) is 11.8. The Morgan fingerprint density at radius 3 is 1.55 bits per heavy atom. The molecule has 0 aliphatic heterocycles. The minimum absolute atomic E-state index is 0.0784. The Labute approximate surface area is 179 Å². The molecule has 0 radical (unpaired) electrons. The molecule has 0 aliphatic rings. The van der Waals surface area contributed by atoms with Gasteiger partial charge in [0.1, 0.15) is 0 Å². The summed E-state index contributed by atoms with van der Waals surface area (Å²) in [6.45, 7) is 14.9. The predicted octanol–water partition coefficient (Wildman–Crippen LogP) is 6.87. The number of carbonyl (C=O) groups excluding carboxylic acids is 2. The number of hydrogen-bond acceptors (Lipinski definition) is 4. The molecule has 0 N–H and O–H groups in total. The summed E-state index contributed by atoms with van der Waals surface area (Å²) in [5, 5.41) is 0. The average Bonchev–Trinajstić information content (AvgIpc) is 2.64. The van der Waals surface area contributed by atoms with Crippen LogP contribution in [0.1, 0.15) is 106 Å². The second kappa shape index (κ2) is 16.5. The number of esters is 2. The maximum Gasteiger partial charge on any atom is 0.334 e. The molecule has 0 spiro atoms. The van der Waals surface area contributed by atoms with Crippen LogP contribution in [0.2, 0.25) is 0 Å². The van der Waals surface area contributed by atoms with Gasteiger partial charge in [0.25, 0.3) is 0 Å². The Bertz CT molecular complexity index is 489. The molecule has 170 valence electrons. The van der Waals surface area contributed by atoms with Gasteiger partial charge in [-0.3, -0.25) is 0 Å². The summed E-state index contributed by atoms with van der Waals surface area (Å²) in [4.78, 5) is 25.5. The fraction of sp³-hybridized carbons (Fsp3) is 0.840. The lowest BCUT2D eigenvalue weighted by Gasteiger charge is -2.18. The minimum atomic E-state index is -0.371. The van der Waals surface area contributed by atoms with Gasteiger partial charge in [0.2, 0.25) is 0 Å². The zero-order chi connectivity index (χ0) is 22.2. The zero-order valence-corrected chi connectivity index (χ0v) is 20.1. The Kier molecular flexibility index (Phi) is 15.7. The summed E-state index contributed by atoms with van der Waals surface area (Å²) in [5.74, 6) is -0.281. The Balaban J connectivity index is 5.09. The van der Waals surface area contributed by atoms with Crippen LogP contribution in [0.4, 0.5) is 0 Å². The average molecular weight is 411 g/mol. The van der Waals surface area contributed by atoms with E-state index in [1.807, 2.05) is 41.5 Å². The van der Waals surface area contributed by atoms with E-state index in [1.165, 1.54) is 38.5 Å². The first-order valence-corrected chi connectivity index (χ1v) is 11.8. The quantitative estimate of drug-likeness (QED) is 0.158. The van der Waals surface area contributed by atoms with E-state index in [4.69, 9.17) is 9.47 Å². The second-order valence-corrected chi connectivity index (χ2v) is 9.26. The van der Waals surface area contributed by atoms with E-state index in [0.717, 1.165) is 12.8 Å². The molecule has 0 bridgehead atoms. The highest BCUT2D eigenvalue weighted by atomic mass is 16.5. The standard InChI is InChI=1S/C25H46O4/c1-8-9-10-11-12-13-14-15-16-22(24(26)28-17-19(2)3)23(21(6)7)25(27)29-18-20(4)5/h19-21H,8-18H2,1-7H3. The number of unbranched alkanes of at least 4 members (excludes halogenated alkanes) is 7. The molecule has 0 fully saturated rings. The van der Waals surface area contributed by atoms with Gasteiger partial charge in [-0.2, -0.15) is 0 Å². The van der Waals surface area contributed by atoms with Crippen molar-refractivity contribution in [3.63, 3.8) is 0 Å². The van der Waals surface area contributed by atoms with Crippen molar-refractivity contribution in [2.75, 3.05) is 13.2 Å². The summed E-state index contributed by atoms with van der Waals surface area (Å²) >= 11 is 0. The highest BCUT2D eigenvalue weighted by molar-refractivity contribution is 6.00. The van der Waals surface area contributed by atoms with Crippen molar-refractivity contribution in [3.8, 4) is 0 Å². The first kappa shape index (κ1) is 27.7. The number of hydrogen-bond donors (Lipinski definition) is 0. The van der Waals surface area contributed by atoms with Gasteiger partial charge < -0.3 is 9.47 Å². The van der Waals surface area contributed by atoms with Crippen molar-refractivity contribution < 1.29 is 19.1 Å². The van der Waals surface area contributed by atoms with Crippen LogP contribution in [-0.4, -0.2) is 25.2 Å². The van der Waals surface area contributed by atoms with Crippen LogP contribution in [0.25, 0.3) is 0 Å². The molecule has 0 amide bonds. The third kappa shape index (κ3) is 13.5. The molecule has 0 heterocycles. The normalized spacial score (nSPS) is 12.5. The molecule has 0 unspecified atom stereocenters. The van der Waals surface area contributed by atoms with Crippen LogP contribution in [-0.2, 0) is 19.1 Å². The van der Waals surface area contributed by atoms with E-state index >= 15 is 0 Å². The monoisotopic (exact) mass is 410 g/mol. The molecule has 0 saturated heterocycles. The van der Waals surface area contributed by atoms with Gasteiger partial charge in [-0.05, 0) is 30.6 Å². The van der Waals surface area contributed by atoms with E-state index in [0.29, 0.717) is 30.8 Å². The number of rotatable bonds is 16. The third-order valence-corrected chi connectivity index (χ3v) is 4.74. The van der Waals surface area contributed by atoms with Gasteiger partial charge in [0, 0.05) is 5.57 Å². The molecule has 0 saturated carbocycles. The van der Waals surface area contributed by atoms with Crippen LogP contribution in [0.15, 0.2) is 11.1 Å². The van der Waals surface area contributed by atoms with E-state index in [-0.39, 0.29) is 29.7 Å². The van der Waals surface area contributed by atoms with Crippen molar-refractivity contribution >= 4 is 11.9 Å². The molecule has 0 rings (SSSR count). The molecule has 4 heteroatoms. The fourth-order valence-electron chi connectivity index (χ4n) is 3.14. The molecule has 0 aromatic carbocycles. The van der Waals surface area contributed by atoms with E-state index in [2.05, 4.69) is 6.92 Å². The Morgan fingerprint density at radius 1 is 0.655 bits per heavy atom. The predicted molar refractivity (Wildman–Crippen MR) is 121 cm³/mol. The third-order valence-electron chi connectivity index (χ3n) is 4.74. The number of ether oxygens (including phenoxy) is 2. The first-order chi connectivity index (χ1) is 13.7. The van der Waals surface area contributed by atoms with E-state index < -0.39 is 0 Å². The van der Waals surface area contributed by atoms with Crippen molar-refractivity contribution in [1.82, 2.24) is 0 Å². The topological polar surface area (TPSA) is 52.6 Å². The lowest BCUT2D eigenvalue weighted by molar-refractivity contribution is -0.144. The molecular weight excluding hydrogens is 364 g/mol. The molecule has 0 aliphatic carbocycles. The Morgan fingerprint density at radius 2 is 1.10 bits per heavy atom. The van der Waals surface area contributed by atoms with Gasteiger partial charge in [-0.15, -0.1) is 0 Å². The highest BCUT2D eigenvalue weighted by Crippen LogP contribution is 2.24. The molecule has 0 atom stereocenters. The molecule has 29 heavy (non-hydrogen) atoms. The summed E-state index contributed by atoms with van der Waals surface area (Å²) in [5.41, 5.74) is 1.00. The largest absolute Gasteiger partial charge is 0.462 e. The van der Waals surface area contributed by atoms with Gasteiger partial charge in [0.05, 0.1) is 18.8 Å². The lowest BCUT2D eigenvalue weighted by atomic mass is 9.93. The van der Waals surface area contributed by atoms with Crippen LogP contribution < -0.4 is 0 Å². The van der Waals surface area contributed by atoms with E-state index in [9.17, 15) is 9.59 Å². The molecule has 0 aromatic heterocycles. The van der Waals surface area contributed by atoms with Crippen molar-refractivity contribution in [2.45, 2.75) is 106 Å². The maximum absolute atomic E-state index is 12.8. The summed E-state index contributed by atoms with van der Waals surface area (Å²) in [6.07, 6.45) is 10.1. The van der Waals surface area contributed by atoms with E-state index in [1.54, 1.807) is 0 Å². The van der Waals surface area contributed by atoms with Gasteiger partial charge >= 0.3 is 11.9 Å². The molecular formula is C25H46O4. The maximum atomic E-state index is 12.8. The van der Waals surface area contributed by atoms with Crippen LogP contribution in [0.5, 0.6) is 0 Å². The number of carbonyl (C=O) groups is 2. The van der Waals surface area contributed by atoms with Crippen LogP contribution >= 0.6 is 0 Å². The highest BCUT2D eigenvalue weighted by Gasteiger charge is 2.26. The zero-order valence-electron chi connectivity index (χ0n) is 20.1. The summed E-state index contributed by atoms with van der Waals surface area (Å²) in [6, 6.07) is 0. The SMILES string of the molecule is CCCCCCCCCCC(C(=O)OCC(C)C)=C(C(=O)OCC(C)C)C(C)C. The molecule has 0 aromatic rings. The summed E-state index contributed by atoms with van der Waals surface area (Å²) in [7, 11) is 0. The van der Waals surface area contributed by atoms with Crippen molar-refractivity contribution in [3.05, 3.63) is 11.1 Å². The van der Waals surface area contributed by atoms with Gasteiger partial charge in [-0.1, -0.05) is 93.4 Å². The van der Waals surface area contributed by atoms with Crippen molar-refractivity contribution in [2.24, 2.45) is 17.8 Å². The van der Waals surface area contributed by atoms with Crippen molar-refractivity contribution in [1.29, 1.82) is 0 Å². The van der Waals surface area contributed by atoms with Crippen LogP contribution in [0.3, 0.4) is 0 Å². The molecule has 4 nitrogen and oxygen atoms in total. The Hall–Kier alpha value is -1.32. The van der Waals surface area contributed by atoms with Crippen LogP contribution in [0, 0.1) is 17.8 Å². The van der Waals surface area contributed by atoms with Gasteiger partial charge in [0.15, 0.2) is 0 Å². The summed E-state index contributed by atoms with van der Waals surface area (Å²) < 4.78 is 11.0. The van der Waals surface area contributed by atoms with Gasteiger partial charge in [-0.25, -0.2) is 9.59 Å². The fourth-order valence-corrected chi connectivity index (χ4v) is 3.14.